The predicted octanol–water partition coefficient (Wildman–Crippen LogP) is 5.23. The largest absolute Gasteiger partial charge is 0.329 e. The minimum atomic E-state index is 0. The number of nitrogens with zero attached hydrogens (tertiary/aromatic N) is 1. The zero-order valence-electron chi connectivity index (χ0n) is 17.1. The van der Waals surface area contributed by atoms with Crippen LogP contribution in [0.15, 0.2) is 12.1 Å². The summed E-state index contributed by atoms with van der Waals surface area (Å²) in [5.41, 5.74) is 5.19. The number of rotatable bonds is 4. The Labute approximate surface area is 170 Å². The molecule has 3 aliphatic rings. The van der Waals surface area contributed by atoms with E-state index in [0.717, 1.165) is 31.5 Å². The van der Waals surface area contributed by atoms with E-state index in [-0.39, 0.29) is 18.4 Å². The topological polar surface area (TPSA) is 32.3 Å². The fourth-order valence-electron chi connectivity index (χ4n) is 5.49. The van der Waals surface area contributed by atoms with E-state index in [4.69, 9.17) is 0 Å². The van der Waals surface area contributed by atoms with Gasteiger partial charge in [0.15, 0.2) is 0 Å². The van der Waals surface area contributed by atoms with Crippen LogP contribution in [-0.2, 0) is 6.42 Å². The summed E-state index contributed by atoms with van der Waals surface area (Å²) in [6.45, 7) is 8.58. The lowest BCUT2D eigenvalue weighted by atomic mass is 9.79. The van der Waals surface area contributed by atoms with Crippen LogP contribution < -0.4 is 5.32 Å². The highest BCUT2D eigenvalue weighted by atomic mass is 35.5. The van der Waals surface area contributed by atoms with Gasteiger partial charge in [0.25, 0.3) is 5.91 Å². The molecule has 2 heterocycles. The molecule has 0 radical (unpaired) electrons. The first-order valence-electron chi connectivity index (χ1n) is 10.8. The van der Waals surface area contributed by atoms with E-state index in [1.807, 2.05) is 0 Å². The maximum Gasteiger partial charge on any atom is 0.255 e. The normalized spacial score (nSPS) is 25.3. The zero-order chi connectivity index (χ0) is 18.3. The van der Waals surface area contributed by atoms with Crippen LogP contribution in [-0.4, -0.2) is 29.9 Å². The first-order chi connectivity index (χ1) is 12.6. The Morgan fingerprint density at radius 1 is 1.15 bits per heavy atom. The average Bonchev–Trinajstić information content (AvgIpc) is 2.95. The van der Waals surface area contributed by atoms with Gasteiger partial charge in [-0.1, -0.05) is 52.2 Å². The number of hydrogen-bond acceptors (Lipinski definition) is 2. The van der Waals surface area contributed by atoms with Gasteiger partial charge < -0.3 is 10.2 Å². The molecule has 1 saturated carbocycles. The van der Waals surface area contributed by atoms with Crippen molar-refractivity contribution in [2.24, 2.45) is 5.92 Å². The van der Waals surface area contributed by atoms with Crippen molar-refractivity contribution in [3.8, 4) is 0 Å². The van der Waals surface area contributed by atoms with Crippen LogP contribution in [0.4, 0.5) is 0 Å². The van der Waals surface area contributed by atoms with Crippen molar-refractivity contribution < 1.29 is 4.79 Å². The summed E-state index contributed by atoms with van der Waals surface area (Å²) >= 11 is 0. The Morgan fingerprint density at radius 2 is 1.85 bits per heavy atom. The molecular weight excluding hydrogens is 356 g/mol. The summed E-state index contributed by atoms with van der Waals surface area (Å²) in [5, 5.41) is 3.73. The molecule has 1 unspecified atom stereocenters. The van der Waals surface area contributed by atoms with Crippen LogP contribution in [0, 0.1) is 5.92 Å². The molecule has 4 rings (SSSR count). The number of aryl methyl sites for hydroxylation is 1. The molecule has 1 N–H and O–H groups in total. The molecule has 0 spiro atoms. The highest BCUT2D eigenvalue weighted by Crippen LogP contribution is 2.45. The van der Waals surface area contributed by atoms with Gasteiger partial charge in [-0.2, -0.15) is 0 Å². The number of amides is 1. The first kappa shape index (κ1) is 20.7. The lowest BCUT2D eigenvalue weighted by molar-refractivity contribution is 0.0609. The van der Waals surface area contributed by atoms with Gasteiger partial charge in [0.1, 0.15) is 0 Å². The molecule has 2 fully saturated rings. The second-order valence-corrected chi connectivity index (χ2v) is 8.97. The maximum absolute atomic E-state index is 13.4. The van der Waals surface area contributed by atoms with Crippen molar-refractivity contribution in [1.29, 1.82) is 0 Å². The van der Waals surface area contributed by atoms with E-state index in [2.05, 4.69) is 43.1 Å². The van der Waals surface area contributed by atoms with Crippen molar-refractivity contribution >= 4 is 18.3 Å². The molecule has 1 aliphatic carbocycles. The van der Waals surface area contributed by atoms with Gasteiger partial charge in [-0.15, -0.1) is 12.4 Å². The molecule has 1 saturated heterocycles. The van der Waals surface area contributed by atoms with E-state index in [9.17, 15) is 4.79 Å². The Morgan fingerprint density at radius 3 is 2.52 bits per heavy atom. The number of nitrogens with one attached hydrogen (secondary N) is 1. The summed E-state index contributed by atoms with van der Waals surface area (Å²) in [5.74, 6) is 1.54. The van der Waals surface area contributed by atoms with E-state index < -0.39 is 0 Å². The van der Waals surface area contributed by atoms with Crippen molar-refractivity contribution in [3.05, 3.63) is 34.4 Å². The molecule has 0 bridgehead atoms. The number of fused-ring (bicyclic) bond motifs is 3. The fraction of sp³-hybridized carbons (Fsp3) is 0.696. The van der Waals surface area contributed by atoms with Gasteiger partial charge in [0, 0.05) is 24.7 Å². The zero-order valence-corrected chi connectivity index (χ0v) is 17.9. The summed E-state index contributed by atoms with van der Waals surface area (Å²) in [7, 11) is 0. The maximum atomic E-state index is 13.4. The van der Waals surface area contributed by atoms with Crippen LogP contribution in [0.1, 0.15) is 98.3 Å². The molecule has 1 amide bonds. The van der Waals surface area contributed by atoms with Crippen molar-refractivity contribution in [3.63, 3.8) is 0 Å². The second-order valence-electron chi connectivity index (χ2n) is 8.97. The number of carbonyl (C=O) groups is 1. The summed E-state index contributed by atoms with van der Waals surface area (Å²) in [4.78, 5) is 15.6. The second kappa shape index (κ2) is 8.53. The number of carbonyl (C=O) groups excluding carboxylic acids is 1. The van der Waals surface area contributed by atoms with Crippen LogP contribution >= 0.6 is 12.4 Å². The summed E-state index contributed by atoms with van der Waals surface area (Å²) in [6, 6.07) is 5.35. The number of hydrogen-bond donors (Lipinski definition) is 1. The van der Waals surface area contributed by atoms with E-state index in [1.165, 1.54) is 48.8 Å². The summed E-state index contributed by atoms with van der Waals surface area (Å²) < 4.78 is 0. The van der Waals surface area contributed by atoms with Gasteiger partial charge in [0.05, 0.1) is 6.04 Å². The van der Waals surface area contributed by atoms with Gasteiger partial charge in [-0.3, -0.25) is 4.79 Å². The third-order valence-electron chi connectivity index (χ3n) is 6.71. The van der Waals surface area contributed by atoms with Crippen LogP contribution in [0.5, 0.6) is 0 Å². The fourth-order valence-corrected chi connectivity index (χ4v) is 5.49. The molecule has 2 aliphatic heterocycles. The Balaban J connectivity index is 0.00000210. The van der Waals surface area contributed by atoms with Gasteiger partial charge in [0.2, 0.25) is 0 Å². The lowest BCUT2D eigenvalue weighted by Crippen LogP contribution is -2.52. The number of halogens is 1. The van der Waals surface area contributed by atoms with Crippen molar-refractivity contribution in [2.75, 3.05) is 13.1 Å². The smallest absolute Gasteiger partial charge is 0.255 e. The van der Waals surface area contributed by atoms with Crippen LogP contribution in [0.2, 0.25) is 0 Å². The highest BCUT2D eigenvalue weighted by Gasteiger charge is 2.45. The quantitative estimate of drug-likeness (QED) is 0.763. The number of benzene rings is 1. The summed E-state index contributed by atoms with van der Waals surface area (Å²) in [6.07, 6.45) is 8.67. The van der Waals surface area contributed by atoms with Crippen LogP contribution in [0.25, 0.3) is 0 Å². The molecule has 4 heteroatoms. The third kappa shape index (κ3) is 3.78. The van der Waals surface area contributed by atoms with Crippen LogP contribution in [0.3, 0.4) is 0 Å². The molecule has 1 aromatic carbocycles. The molecule has 3 nitrogen and oxygen atoms in total. The SMILES string of the molecule is CCc1cc(C2CCCCC2)c2c(c1)[C@H]1C(CC(C)C)NCCN1C2=O.Cl. The Kier molecular flexibility index (Phi) is 6.53. The number of piperazine rings is 1. The third-order valence-corrected chi connectivity index (χ3v) is 6.71. The molecule has 27 heavy (non-hydrogen) atoms. The highest BCUT2D eigenvalue weighted by molar-refractivity contribution is 6.01. The predicted molar refractivity (Wildman–Crippen MR) is 114 cm³/mol. The molecule has 1 aromatic rings. The Bertz CT molecular complexity index is 681. The molecular formula is C23H35ClN2O. The minimum Gasteiger partial charge on any atom is -0.329 e. The van der Waals surface area contributed by atoms with E-state index >= 15 is 0 Å². The molecule has 2 atom stereocenters. The average molecular weight is 391 g/mol. The van der Waals surface area contributed by atoms with Gasteiger partial charge in [-0.05, 0) is 54.2 Å². The van der Waals surface area contributed by atoms with Crippen molar-refractivity contribution in [1.82, 2.24) is 10.2 Å². The van der Waals surface area contributed by atoms with Crippen molar-refractivity contribution in [2.45, 2.75) is 83.7 Å². The minimum absolute atomic E-state index is 0. The first-order valence-corrected chi connectivity index (χ1v) is 10.8. The Hall–Kier alpha value is -1.06. The van der Waals surface area contributed by atoms with Gasteiger partial charge in [-0.25, -0.2) is 0 Å². The monoisotopic (exact) mass is 390 g/mol. The van der Waals surface area contributed by atoms with Gasteiger partial charge >= 0.3 is 0 Å². The molecule has 150 valence electrons. The molecule has 0 aromatic heterocycles. The van der Waals surface area contributed by atoms with E-state index in [0.29, 0.717) is 23.8 Å². The lowest BCUT2D eigenvalue weighted by Gasteiger charge is -2.39. The standard InChI is InChI=1S/C23H34N2O.ClH/c1-4-16-13-18(17-8-6-5-7-9-17)21-19(14-16)22-20(12-15(2)3)24-10-11-25(22)23(21)26;/h13-15,17,20,22,24H,4-12H2,1-3H3;1H/t20?,22-;/m0./s1. The van der Waals surface area contributed by atoms with E-state index in [1.54, 1.807) is 0 Å².